The average molecular weight is 296 g/mol. The number of hydrogen-bond acceptors (Lipinski definition) is 3. The van der Waals surface area contributed by atoms with Gasteiger partial charge in [-0.25, -0.2) is 9.69 Å². The first kappa shape index (κ1) is 15.4. The third kappa shape index (κ3) is 3.20. The number of hydrogen-bond donors (Lipinski definition) is 1. The number of nitrogens with one attached hydrogen (secondary N) is 1. The number of rotatable bonds is 4. The van der Waals surface area contributed by atoms with E-state index >= 15 is 0 Å². The van der Waals surface area contributed by atoms with Crippen LogP contribution in [0.15, 0.2) is 60.7 Å². The molecule has 0 aliphatic carbocycles. The minimum Gasteiger partial charge on any atom is -0.341 e. The fourth-order valence-corrected chi connectivity index (χ4v) is 2.12. The molecule has 1 unspecified atom stereocenters. The van der Waals surface area contributed by atoms with Crippen LogP contribution in [0.4, 0.5) is 4.79 Å². The van der Waals surface area contributed by atoms with Crippen LogP contribution >= 0.6 is 0 Å². The van der Waals surface area contributed by atoms with Crippen LogP contribution < -0.4 is 5.32 Å². The van der Waals surface area contributed by atoms with Crippen molar-refractivity contribution in [3.05, 3.63) is 71.8 Å². The zero-order chi connectivity index (χ0) is 15.9. The van der Waals surface area contributed by atoms with E-state index < -0.39 is 18.0 Å². The number of carbonyl (C=O) groups is 3. The Hall–Kier alpha value is -2.95. The Kier molecular flexibility index (Phi) is 5.03. The number of nitrogens with zero attached hydrogens (tertiary/aromatic N) is 1. The Labute approximate surface area is 128 Å². The minimum atomic E-state index is -0.978. The minimum absolute atomic E-state index is 0.342. The molecule has 2 rings (SSSR count). The molecule has 0 saturated carbocycles. The molecule has 0 aromatic heterocycles. The van der Waals surface area contributed by atoms with Crippen LogP contribution in [0.25, 0.3) is 0 Å². The summed E-state index contributed by atoms with van der Waals surface area (Å²) in [6, 6.07) is 15.5. The van der Waals surface area contributed by atoms with Gasteiger partial charge in [0.25, 0.3) is 5.91 Å². The lowest BCUT2D eigenvalue weighted by Crippen LogP contribution is -2.45. The number of amides is 3. The first-order valence-corrected chi connectivity index (χ1v) is 6.79. The molecule has 0 aliphatic heterocycles. The lowest BCUT2D eigenvalue weighted by atomic mass is 10.1. The van der Waals surface area contributed by atoms with Crippen LogP contribution in [0.5, 0.6) is 0 Å². The molecule has 0 bridgehead atoms. The molecule has 0 aliphatic rings. The molecule has 1 atom stereocenters. The first-order chi connectivity index (χ1) is 10.7. The second-order valence-electron chi connectivity index (χ2n) is 4.59. The number of carbonyl (C=O) groups excluding carboxylic acids is 3. The molecule has 0 fully saturated rings. The topological polar surface area (TPSA) is 66.5 Å². The summed E-state index contributed by atoms with van der Waals surface area (Å²) in [5, 5.41) is 2.41. The molecule has 22 heavy (non-hydrogen) atoms. The zero-order valence-electron chi connectivity index (χ0n) is 12.1. The maximum atomic E-state index is 12.6. The average Bonchev–Trinajstić information content (AvgIpc) is 2.60. The third-order valence-corrected chi connectivity index (χ3v) is 3.22. The summed E-state index contributed by atoms with van der Waals surface area (Å²) in [5.74, 6) is -0.527. The van der Waals surface area contributed by atoms with E-state index in [1.54, 1.807) is 60.7 Å². The number of imide groups is 1. The summed E-state index contributed by atoms with van der Waals surface area (Å²) < 4.78 is 0. The van der Waals surface area contributed by atoms with E-state index in [4.69, 9.17) is 0 Å². The van der Waals surface area contributed by atoms with Gasteiger partial charge in [0.2, 0.25) is 0 Å². The van der Waals surface area contributed by atoms with E-state index in [0.29, 0.717) is 17.4 Å². The smallest absolute Gasteiger partial charge is 0.325 e. The Bertz CT molecular complexity index is 656. The molecule has 1 N–H and O–H groups in total. The lowest BCUT2D eigenvalue weighted by molar-refractivity contribution is -0.111. The highest BCUT2D eigenvalue weighted by Crippen LogP contribution is 2.21. The standard InChI is InChI=1S/C17H16N2O3/c1-18-17(22)19(16(21)14-10-6-3-7-11-14)15(12-20)13-8-4-2-5-9-13/h2-12,15H,1H3,(H,18,22). The van der Waals surface area contributed by atoms with Crippen molar-refractivity contribution in [2.45, 2.75) is 6.04 Å². The Balaban J connectivity index is 2.43. The molecule has 5 heteroatoms. The normalized spacial score (nSPS) is 11.3. The lowest BCUT2D eigenvalue weighted by Gasteiger charge is -2.26. The van der Waals surface area contributed by atoms with Crippen molar-refractivity contribution in [3.63, 3.8) is 0 Å². The van der Waals surface area contributed by atoms with Crippen molar-refractivity contribution >= 4 is 18.2 Å². The van der Waals surface area contributed by atoms with Gasteiger partial charge >= 0.3 is 6.03 Å². The molecule has 3 amide bonds. The van der Waals surface area contributed by atoms with Gasteiger partial charge in [-0.1, -0.05) is 48.5 Å². The second-order valence-corrected chi connectivity index (χ2v) is 4.59. The Morgan fingerprint density at radius 2 is 1.55 bits per heavy atom. The maximum Gasteiger partial charge on any atom is 0.325 e. The van der Waals surface area contributed by atoms with Crippen LogP contribution in [0, 0.1) is 0 Å². The van der Waals surface area contributed by atoms with E-state index in [1.807, 2.05) is 0 Å². The molecular formula is C17H16N2O3. The number of aldehydes is 1. The predicted molar refractivity (Wildman–Crippen MR) is 82.3 cm³/mol. The van der Waals surface area contributed by atoms with Crippen LogP contribution in [-0.4, -0.2) is 30.2 Å². The van der Waals surface area contributed by atoms with Crippen molar-refractivity contribution in [2.24, 2.45) is 0 Å². The van der Waals surface area contributed by atoms with Gasteiger partial charge < -0.3 is 10.1 Å². The molecule has 112 valence electrons. The van der Waals surface area contributed by atoms with Crippen LogP contribution in [0.3, 0.4) is 0 Å². The summed E-state index contributed by atoms with van der Waals surface area (Å²) in [7, 11) is 1.42. The molecule has 0 radical (unpaired) electrons. The fourth-order valence-electron chi connectivity index (χ4n) is 2.12. The zero-order valence-corrected chi connectivity index (χ0v) is 12.1. The van der Waals surface area contributed by atoms with E-state index in [-0.39, 0.29) is 0 Å². The fraction of sp³-hybridized carbons (Fsp3) is 0.118. The Morgan fingerprint density at radius 1 is 1.00 bits per heavy atom. The van der Waals surface area contributed by atoms with Gasteiger partial charge in [-0.3, -0.25) is 4.79 Å². The molecule has 0 spiro atoms. The largest absolute Gasteiger partial charge is 0.341 e. The number of urea groups is 1. The van der Waals surface area contributed by atoms with Crippen LogP contribution in [0.1, 0.15) is 22.0 Å². The Morgan fingerprint density at radius 3 is 2.05 bits per heavy atom. The van der Waals surface area contributed by atoms with Gasteiger partial charge in [0.05, 0.1) is 0 Å². The van der Waals surface area contributed by atoms with Crippen molar-refractivity contribution in [2.75, 3.05) is 7.05 Å². The molecule has 5 nitrogen and oxygen atoms in total. The quantitative estimate of drug-likeness (QED) is 0.881. The third-order valence-electron chi connectivity index (χ3n) is 3.22. The van der Waals surface area contributed by atoms with Crippen molar-refractivity contribution in [3.8, 4) is 0 Å². The molecule has 2 aromatic rings. The summed E-state index contributed by atoms with van der Waals surface area (Å²) in [5.41, 5.74) is 0.916. The van der Waals surface area contributed by atoms with Crippen LogP contribution in [0.2, 0.25) is 0 Å². The summed E-state index contributed by atoms with van der Waals surface area (Å²) in [6.07, 6.45) is 0.589. The highest BCUT2D eigenvalue weighted by molar-refractivity contribution is 6.06. The van der Waals surface area contributed by atoms with Crippen molar-refractivity contribution in [1.29, 1.82) is 0 Å². The monoisotopic (exact) mass is 296 g/mol. The molecule has 0 heterocycles. The second kappa shape index (κ2) is 7.17. The van der Waals surface area contributed by atoms with E-state index in [2.05, 4.69) is 5.32 Å². The van der Waals surface area contributed by atoms with E-state index in [1.165, 1.54) is 7.05 Å². The summed E-state index contributed by atoms with van der Waals surface area (Å²) in [4.78, 5) is 37.2. The summed E-state index contributed by atoms with van der Waals surface area (Å²) in [6.45, 7) is 0. The molecule has 2 aromatic carbocycles. The first-order valence-electron chi connectivity index (χ1n) is 6.79. The van der Waals surface area contributed by atoms with Gasteiger partial charge in [0, 0.05) is 12.6 Å². The van der Waals surface area contributed by atoms with Gasteiger partial charge in [-0.2, -0.15) is 0 Å². The number of benzene rings is 2. The molecular weight excluding hydrogens is 280 g/mol. The predicted octanol–water partition coefficient (Wildman–Crippen LogP) is 2.41. The van der Waals surface area contributed by atoms with Gasteiger partial charge in [0.15, 0.2) is 0 Å². The summed E-state index contributed by atoms with van der Waals surface area (Å²) >= 11 is 0. The SMILES string of the molecule is CNC(=O)N(C(=O)c1ccccc1)C(C=O)c1ccccc1. The molecule has 0 saturated heterocycles. The van der Waals surface area contributed by atoms with Crippen molar-refractivity contribution in [1.82, 2.24) is 10.2 Å². The van der Waals surface area contributed by atoms with Gasteiger partial charge in [-0.05, 0) is 17.7 Å². The maximum absolute atomic E-state index is 12.6. The van der Waals surface area contributed by atoms with Gasteiger partial charge in [0.1, 0.15) is 12.3 Å². The van der Waals surface area contributed by atoms with Crippen LogP contribution in [-0.2, 0) is 4.79 Å². The van der Waals surface area contributed by atoms with Gasteiger partial charge in [-0.15, -0.1) is 0 Å². The van der Waals surface area contributed by atoms with Crippen molar-refractivity contribution < 1.29 is 14.4 Å². The highest BCUT2D eigenvalue weighted by Gasteiger charge is 2.30. The van der Waals surface area contributed by atoms with E-state index in [9.17, 15) is 14.4 Å². The van der Waals surface area contributed by atoms with E-state index in [0.717, 1.165) is 4.90 Å². The highest BCUT2D eigenvalue weighted by atomic mass is 16.2.